The number of aromatic amines is 1. The van der Waals surface area contributed by atoms with Crippen molar-refractivity contribution in [2.24, 2.45) is 39.9 Å². The lowest BCUT2D eigenvalue weighted by atomic mass is 9.44. The quantitative estimate of drug-likeness (QED) is 0.755. The third-order valence-corrected chi connectivity index (χ3v) is 10.4. The molecule has 0 aliphatic heterocycles. The number of aliphatic hydroxyl groups is 1. The van der Waals surface area contributed by atoms with Crippen LogP contribution in [-0.2, 0) is 11.2 Å². The Labute approximate surface area is 174 Å². The number of carbonyl (C=O) groups is 1. The topological polar surface area (TPSA) is 66.0 Å². The number of carbonyl (C=O) groups excluding carboxylic acids is 1. The van der Waals surface area contributed by atoms with Gasteiger partial charge in [0.15, 0.2) is 0 Å². The van der Waals surface area contributed by atoms with Crippen LogP contribution in [0.2, 0.25) is 0 Å². The van der Waals surface area contributed by atoms with Gasteiger partial charge in [-0.15, -0.1) is 0 Å². The summed E-state index contributed by atoms with van der Waals surface area (Å²) in [4.78, 5) is 13.2. The molecule has 5 rings (SSSR count). The van der Waals surface area contributed by atoms with E-state index in [9.17, 15) is 9.90 Å². The maximum atomic E-state index is 13.2. The second kappa shape index (κ2) is 6.06. The van der Waals surface area contributed by atoms with E-state index in [-0.39, 0.29) is 28.3 Å². The molecular formula is C25H36N2O2. The zero-order valence-corrected chi connectivity index (χ0v) is 18.6. The van der Waals surface area contributed by atoms with Gasteiger partial charge in [-0.25, -0.2) is 0 Å². The lowest BCUT2D eigenvalue weighted by Gasteiger charge is -2.61. The van der Waals surface area contributed by atoms with Gasteiger partial charge >= 0.3 is 0 Å². The third kappa shape index (κ3) is 2.24. The van der Waals surface area contributed by atoms with Gasteiger partial charge in [0.2, 0.25) is 0 Å². The number of hydrogen-bond acceptors (Lipinski definition) is 3. The molecular weight excluding hydrogens is 360 g/mol. The second-order valence-electron chi connectivity index (χ2n) is 11.2. The molecule has 0 amide bonds. The van der Waals surface area contributed by atoms with E-state index in [2.05, 4.69) is 44.0 Å². The van der Waals surface area contributed by atoms with Crippen molar-refractivity contribution in [2.75, 3.05) is 0 Å². The Morgan fingerprint density at radius 2 is 2.10 bits per heavy atom. The van der Waals surface area contributed by atoms with E-state index in [1.54, 1.807) is 0 Å². The van der Waals surface area contributed by atoms with Crippen molar-refractivity contribution < 1.29 is 9.90 Å². The predicted molar refractivity (Wildman–Crippen MR) is 114 cm³/mol. The SMILES string of the molecule is CCC(=O)[C@@]1(C)[C@H](C)C[C@H]2[C@@H]3CCC4=Cc5[nH]ncc5C[C@]4(C)[C@H]3[C@@H](O)C[C@@]21C. The number of Topliss-reactive ketones (excluding diaryl/α,β-unsaturated/α-hetero) is 1. The van der Waals surface area contributed by atoms with Crippen LogP contribution in [0.3, 0.4) is 0 Å². The predicted octanol–water partition coefficient (Wildman–Crippen LogP) is 4.79. The minimum absolute atomic E-state index is 0.00245. The average Bonchev–Trinajstić information content (AvgIpc) is 3.20. The van der Waals surface area contributed by atoms with E-state index in [0.29, 0.717) is 30.0 Å². The lowest BCUT2D eigenvalue weighted by molar-refractivity contribution is -0.158. The van der Waals surface area contributed by atoms with Gasteiger partial charge in [0, 0.05) is 11.8 Å². The monoisotopic (exact) mass is 396 g/mol. The molecule has 4 aliphatic carbocycles. The first-order valence-electron chi connectivity index (χ1n) is 11.6. The molecule has 4 heteroatoms. The highest BCUT2D eigenvalue weighted by Gasteiger charge is 2.68. The highest BCUT2D eigenvalue weighted by atomic mass is 16.3. The van der Waals surface area contributed by atoms with Gasteiger partial charge in [-0.1, -0.05) is 40.2 Å². The van der Waals surface area contributed by atoms with Crippen LogP contribution in [0.15, 0.2) is 11.8 Å². The fraction of sp³-hybridized carbons (Fsp3) is 0.760. The molecule has 0 aromatic carbocycles. The molecule has 1 aromatic heterocycles. The Hall–Kier alpha value is -1.42. The summed E-state index contributed by atoms with van der Waals surface area (Å²) >= 11 is 0. The van der Waals surface area contributed by atoms with Crippen molar-refractivity contribution in [2.45, 2.75) is 79.2 Å². The van der Waals surface area contributed by atoms with E-state index >= 15 is 0 Å². The van der Waals surface area contributed by atoms with Crippen molar-refractivity contribution in [1.29, 1.82) is 0 Å². The number of H-pyrrole nitrogens is 1. The number of allylic oxidation sites excluding steroid dienone is 1. The van der Waals surface area contributed by atoms with Crippen LogP contribution in [0.25, 0.3) is 6.08 Å². The summed E-state index contributed by atoms with van der Waals surface area (Å²) in [7, 11) is 0. The maximum Gasteiger partial charge on any atom is 0.139 e. The van der Waals surface area contributed by atoms with Crippen LogP contribution < -0.4 is 0 Å². The molecule has 0 radical (unpaired) electrons. The molecule has 158 valence electrons. The Kier molecular flexibility index (Phi) is 4.08. The van der Waals surface area contributed by atoms with Crippen LogP contribution in [-0.4, -0.2) is 27.2 Å². The van der Waals surface area contributed by atoms with Gasteiger partial charge in [-0.05, 0) is 78.2 Å². The van der Waals surface area contributed by atoms with E-state index in [1.807, 2.05) is 13.1 Å². The van der Waals surface area contributed by atoms with Crippen molar-refractivity contribution in [1.82, 2.24) is 10.2 Å². The molecule has 2 N–H and O–H groups in total. The minimum Gasteiger partial charge on any atom is -0.393 e. The van der Waals surface area contributed by atoms with Crippen molar-refractivity contribution in [3.8, 4) is 0 Å². The van der Waals surface area contributed by atoms with Crippen LogP contribution in [0.1, 0.15) is 78.0 Å². The van der Waals surface area contributed by atoms with Gasteiger partial charge in [0.05, 0.1) is 18.0 Å². The molecule has 29 heavy (non-hydrogen) atoms. The zero-order valence-electron chi connectivity index (χ0n) is 18.6. The zero-order chi connectivity index (χ0) is 20.8. The minimum atomic E-state index is -0.349. The molecule has 0 spiro atoms. The molecule has 3 saturated carbocycles. The molecule has 1 aromatic rings. The van der Waals surface area contributed by atoms with Gasteiger partial charge in [0.25, 0.3) is 0 Å². The number of nitrogens with one attached hydrogen (secondary N) is 1. The van der Waals surface area contributed by atoms with E-state index in [0.717, 1.165) is 37.8 Å². The highest BCUT2D eigenvalue weighted by molar-refractivity contribution is 5.86. The lowest BCUT2D eigenvalue weighted by Crippen LogP contribution is -2.59. The fourth-order valence-corrected chi connectivity index (χ4v) is 8.62. The first-order valence-corrected chi connectivity index (χ1v) is 11.6. The van der Waals surface area contributed by atoms with E-state index < -0.39 is 0 Å². The molecule has 3 fully saturated rings. The smallest absolute Gasteiger partial charge is 0.139 e. The number of fused-ring (bicyclic) bond motifs is 6. The van der Waals surface area contributed by atoms with Crippen LogP contribution in [0.4, 0.5) is 0 Å². The number of aromatic nitrogens is 2. The number of ketones is 1. The van der Waals surface area contributed by atoms with Gasteiger partial charge in [0.1, 0.15) is 5.78 Å². The summed E-state index contributed by atoms with van der Waals surface area (Å²) in [5.41, 5.74) is 3.49. The number of aliphatic hydroxyl groups excluding tert-OH is 1. The molecule has 0 bridgehead atoms. The van der Waals surface area contributed by atoms with E-state index in [4.69, 9.17) is 0 Å². The van der Waals surface area contributed by atoms with E-state index in [1.165, 1.54) is 11.1 Å². The average molecular weight is 397 g/mol. The Bertz CT molecular complexity index is 887. The van der Waals surface area contributed by atoms with Gasteiger partial charge in [-0.2, -0.15) is 5.10 Å². The van der Waals surface area contributed by atoms with Crippen LogP contribution >= 0.6 is 0 Å². The fourth-order valence-electron chi connectivity index (χ4n) is 8.62. The van der Waals surface area contributed by atoms with Gasteiger partial charge < -0.3 is 5.11 Å². The molecule has 1 heterocycles. The van der Waals surface area contributed by atoms with Crippen molar-refractivity contribution >= 4 is 11.9 Å². The van der Waals surface area contributed by atoms with Crippen LogP contribution in [0.5, 0.6) is 0 Å². The summed E-state index contributed by atoms with van der Waals surface area (Å²) in [6.45, 7) is 11.2. The van der Waals surface area contributed by atoms with Crippen molar-refractivity contribution in [3.63, 3.8) is 0 Å². The molecule has 0 unspecified atom stereocenters. The largest absolute Gasteiger partial charge is 0.393 e. The number of nitrogens with zero attached hydrogens (tertiary/aromatic N) is 1. The van der Waals surface area contributed by atoms with Crippen molar-refractivity contribution in [3.05, 3.63) is 23.0 Å². The summed E-state index contributed by atoms with van der Waals surface area (Å²) in [6.07, 6.45) is 9.60. The molecule has 4 aliphatic rings. The number of rotatable bonds is 2. The first kappa shape index (κ1) is 19.5. The normalized spacial score (nSPS) is 48.2. The Morgan fingerprint density at radius 1 is 1.34 bits per heavy atom. The second-order valence-corrected chi connectivity index (χ2v) is 11.2. The first-order chi connectivity index (χ1) is 13.7. The summed E-state index contributed by atoms with van der Waals surface area (Å²) in [5, 5.41) is 19.0. The molecule has 0 saturated heterocycles. The summed E-state index contributed by atoms with van der Waals surface area (Å²) in [6, 6.07) is 0. The summed E-state index contributed by atoms with van der Waals surface area (Å²) < 4.78 is 0. The van der Waals surface area contributed by atoms with Gasteiger partial charge in [-0.3, -0.25) is 9.89 Å². The molecule has 4 nitrogen and oxygen atoms in total. The third-order valence-electron chi connectivity index (χ3n) is 10.4. The Balaban J connectivity index is 1.57. The van der Waals surface area contributed by atoms with Crippen LogP contribution in [0, 0.1) is 39.9 Å². The number of hydrogen-bond donors (Lipinski definition) is 2. The maximum absolute atomic E-state index is 13.2. The Morgan fingerprint density at radius 3 is 2.83 bits per heavy atom. The standard InChI is InChI=1S/C25H36N2O2/c1-6-21(29)25(5)14(2)9-18-17-8-7-16-10-19-15(13-26-27-19)11-23(16,3)22(17)20(28)12-24(18,25)4/h10,13-14,17-18,20,22,28H,6-9,11-12H2,1-5H3,(H,26,27)/t14-,17+,18+,20+,22-,23+,24+,25-/m1/s1. The molecule has 8 atom stereocenters. The highest BCUT2D eigenvalue weighted by Crippen LogP contribution is 2.71. The summed E-state index contributed by atoms with van der Waals surface area (Å²) in [5.74, 6) is 2.06.